The molecule has 1 aromatic rings. The fraction of sp³-hybridized carbons (Fsp3) is 0.154. The van der Waals surface area contributed by atoms with E-state index < -0.39 is 0 Å². The lowest BCUT2D eigenvalue weighted by Gasteiger charge is -2.12. The van der Waals surface area contributed by atoms with Crippen LogP contribution < -0.4 is 0 Å². The summed E-state index contributed by atoms with van der Waals surface area (Å²) in [7, 11) is 0. The van der Waals surface area contributed by atoms with Crippen molar-refractivity contribution in [3.63, 3.8) is 0 Å². The SMILES string of the molecule is C=C(C#N)CCN1C(=O)c2ccccc2C1=O. The van der Waals surface area contributed by atoms with Gasteiger partial charge in [0.25, 0.3) is 11.8 Å². The first-order valence-electron chi connectivity index (χ1n) is 5.18. The Bertz CT molecular complexity index is 520. The summed E-state index contributed by atoms with van der Waals surface area (Å²) >= 11 is 0. The first-order valence-corrected chi connectivity index (χ1v) is 5.18. The van der Waals surface area contributed by atoms with Crippen molar-refractivity contribution in [2.24, 2.45) is 0 Å². The number of nitriles is 1. The summed E-state index contributed by atoms with van der Waals surface area (Å²) in [6.45, 7) is 3.73. The van der Waals surface area contributed by atoms with Gasteiger partial charge < -0.3 is 0 Å². The van der Waals surface area contributed by atoms with Crippen LogP contribution in [-0.4, -0.2) is 23.3 Å². The Balaban J connectivity index is 2.19. The van der Waals surface area contributed by atoms with E-state index in [0.29, 0.717) is 23.1 Å². The molecule has 0 aromatic heterocycles. The number of amides is 2. The van der Waals surface area contributed by atoms with Gasteiger partial charge in [0, 0.05) is 12.1 Å². The summed E-state index contributed by atoms with van der Waals surface area (Å²) in [5, 5.41) is 8.58. The van der Waals surface area contributed by atoms with Crippen molar-refractivity contribution in [1.82, 2.24) is 4.90 Å². The molecular weight excluding hydrogens is 216 g/mol. The lowest BCUT2D eigenvalue weighted by molar-refractivity contribution is 0.0656. The van der Waals surface area contributed by atoms with E-state index in [1.165, 1.54) is 0 Å². The Morgan fingerprint density at radius 3 is 2.24 bits per heavy atom. The van der Waals surface area contributed by atoms with Crippen LogP contribution in [0.5, 0.6) is 0 Å². The quantitative estimate of drug-likeness (QED) is 0.582. The molecule has 0 saturated heterocycles. The number of fused-ring (bicyclic) bond motifs is 1. The Kier molecular flexibility index (Phi) is 2.75. The standard InChI is InChI=1S/C13H10N2O2/c1-9(8-14)6-7-15-12(16)10-4-2-3-5-11(10)13(15)17/h2-5H,1,6-7H2. The van der Waals surface area contributed by atoms with Crippen molar-refractivity contribution in [3.8, 4) is 6.07 Å². The second kappa shape index (κ2) is 4.22. The van der Waals surface area contributed by atoms with E-state index in [-0.39, 0.29) is 18.4 Å². The van der Waals surface area contributed by atoms with Crippen LogP contribution in [-0.2, 0) is 0 Å². The number of hydrogen-bond donors (Lipinski definition) is 0. The third kappa shape index (κ3) is 1.83. The molecule has 84 valence electrons. The molecule has 1 aliphatic rings. The fourth-order valence-corrected chi connectivity index (χ4v) is 1.74. The zero-order chi connectivity index (χ0) is 12.4. The third-order valence-electron chi connectivity index (χ3n) is 2.67. The van der Waals surface area contributed by atoms with Crippen molar-refractivity contribution in [1.29, 1.82) is 5.26 Å². The second-order valence-corrected chi connectivity index (χ2v) is 3.77. The second-order valence-electron chi connectivity index (χ2n) is 3.77. The minimum Gasteiger partial charge on any atom is -0.274 e. The highest BCUT2D eigenvalue weighted by molar-refractivity contribution is 6.21. The Labute approximate surface area is 98.8 Å². The molecule has 2 rings (SSSR count). The number of rotatable bonds is 3. The predicted octanol–water partition coefficient (Wildman–Crippen LogP) is 1.75. The fourth-order valence-electron chi connectivity index (χ4n) is 1.74. The number of carbonyl (C=O) groups is 2. The van der Waals surface area contributed by atoms with Crippen LogP contribution in [0.1, 0.15) is 27.1 Å². The van der Waals surface area contributed by atoms with Crippen LogP contribution in [0, 0.1) is 11.3 Å². The Hall–Kier alpha value is -2.41. The van der Waals surface area contributed by atoms with Gasteiger partial charge in [-0.3, -0.25) is 14.5 Å². The van der Waals surface area contributed by atoms with Crippen molar-refractivity contribution in [3.05, 3.63) is 47.5 Å². The van der Waals surface area contributed by atoms with Crippen LogP contribution in [0.15, 0.2) is 36.4 Å². The van der Waals surface area contributed by atoms with Crippen LogP contribution in [0.4, 0.5) is 0 Å². The highest BCUT2D eigenvalue weighted by atomic mass is 16.2. The zero-order valence-corrected chi connectivity index (χ0v) is 9.14. The van der Waals surface area contributed by atoms with Crippen molar-refractivity contribution < 1.29 is 9.59 Å². The smallest absolute Gasteiger partial charge is 0.261 e. The van der Waals surface area contributed by atoms with Gasteiger partial charge in [-0.2, -0.15) is 5.26 Å². The van der Waals surface area contributed by atoms with E-state index in [1.54, 1.807) is 24.3 Å². The average molecular weight is 226 g/mol. The maximum absolute atomic E-state index is 11.9. The average Bonchev–Trinajstić information content (AvgIpc) is 2.60. The van der Waals surface area contributed by atoms with Gasteiger partial charge in [0.05, 0.1) is 17.2 Å². The summed E-state index contributed by atoms with van der Waals surface area (Å²) in [5.74, 6) is -0.590. The lowest BCUT2D eigenvalue weighted by atomic mass is 10.1. The van der Waals surface area contributed by atoms with Gasteiger partial charge in [0.2, 0.25) is 0 Å². The van der Waals surface area contributed by atoms with E-state index in [2.05, 4.69) is 6.58 Å². The molecule has 1 heterocycles. The van der Waals surface area contributed by atoms with Gasteiger partial charge in [-0.25, -0.2) is 0 Å². The summed E-state index contributed by atoms with van der Waals surface area (Å²) in [6.07, 6.45) is 0.321. The predicted molar refractivity (Wildman–Crippen MR) is 61.2 cm³/mol. The minimum absolute atomic E-state index is 0.207. The summed E-state index contributed by atoms with van der Waals surface area (Å²) in [4.78, 5) is 25.0. The van der Waals surface area contributed by atoms with Gasteiger partial charge in [-0.05, 0) is 18.6 Å². The van der Waals surface area contributed by atoms with Crippen molar-refractivity contribution in [2.45, 2.75) is 6.42 Å². The molecule has 0 spiro atoms. The van der Waals surface area contributed by atoms with E-state index in [0.717, 1.165) is 4.90 Å². The third-order valence-corrected chi connectivity index (χ3v) is 2.67. The normalized spacial score (nSPS) is 13.5. The number of imide groups is 1. The number of benzene rings is 1. The van der Waals surface area contributed by atoms with Crippen molar-refractivity contribution in [2.75, 3.05) is 6.54 Å². The van der Waals surface area contributed by atoms with Crippen LogP contribution >= 0.6 is 0 Å². The molecule has 4 nitrogen and oxygen atoms in total. The van der Waals surface area contributed by atoms with E-state index in [1.807, 2.05) is 6.07 Å². The molecule has 0 bridgehead atoms. The van der Waals surface area contributed by atoms with Crippen LogP contribution in [0.25, 0.3) is 0 Å². The molecule has 0 saturated carbocycles. The van der Waals surface area contributed by atoms with Crippen LogP contribution in [0.3, 0.4) is 0 Å². The highest BCUT2D eigenvalue weighted by Crippen LogP contribution is 2.22. The number of hydrogen-bond acceptors (Lipinski definition) is 3. The zero-order valence-electron chi connectivity index (χ0n) is 9.14. The first-order chi connectivity index (χ1) is 8.15. The molecule has 0 fully saturated rings. The van der Waals surface area contributed by atoms with E-state index >= 15 is 0 Å². The number of carbonyl (C=O) groups excluding carboxylic acids is 2. The maximum atomic E-state index is 11.9. The summed E-state index contributed by atoms with van der Waals surface area (Å²) < 4.78 is 0. The van der Waals surface area contributed by atoms with Gasteiger partial charge in [-0.15, -0.1) is 0 Å². The monoisotopic (exact) mass is 226 g/mol. The summed E-state index contributed by atoms with van der Waals surface area (Å²) in [5.41, 5.74) is 1.22. The molecule has 0 atom stereocenters. The Morgan fingerprint density at radius 2 is 1.76 bits per heavy atom. The topological polar surface area (TPSA) is 61.2 Å². The largest absolute Gasteiger partial charge is 0.274 e. The molecule has 0 N–H and O–H groups in total. The first kappa shape index (κ1) is 11.1. The molecule has 0 aliphatic carbocycles. The van der Waals surface area contributed by atoms with Gasteiger partial charge in [-0.1, -0.05) is 18.7 Å². The number of nitrogens with zero attached hydrogens (tertiary/aromatic N) is 2. The molecule has 0 unspecified atom stereocenters. The van der Waals surface area contributed by atoms with Gasteiger partial charge >= 0.3 is 0 Å². The molecule has 1 aromatic carbocycles. The molecular formula is C13H10N2O2. The molecule has 4 heteroatoms. The van der Waals surface area contributed by atoms with Crippen molar-refractivity contribution >= 4 is 11.8 Å². The van der Waals surface area contributed by atoms with E-state index in [4.69, 9.17) is 5.26 Å². The lowest BCUT2D eigenvalue weighted by Crippen LogP contribution is -2.30. The highest BCUT2D eigenvalue weighted by Gasteiger charge is 2.34. The Morgan fingerprint density at radius 1 is 1.24 bits per heavy atom. The maximum Gasteiger partial charge on any atom is 0.261 e. The minimum atomic E-state index is -0.295. The van der Waals surface area contributed by atoms with Crippen LogP contribution in [0.2, 0.25) is 0 Å². The molecule has 2 amide bonds. The molecule has 1 aliphatic heterocycles. The van der Waals surface area contributed by atoms with Gasteiger partial charge in [0.15, 0.2) is 0 Å². The summed E-state index contributed by atoms with van der Waals surface area (Å²) in [6, 6.07) is 8.61. The van der Waals surface area contributed by atoms with Gasteiger partial charge in [0.1, 0.15) is 0 Å². The van der Waals surface area contributed by atoms with E-state index in [9.17, 15) is 9.59 Å². The molecule has 17 heavy (non-hydrogen) atoms. The molecule has 0 radical (unpaired) electrons.